The van der Waals surface area contributed by atoms with Crippen molar-refractivity contribution in [1.82, 2.24) is 4.98 Å². The summed E-state index contributed by atoms with van der Waals surface area (Å²) >= 11 is 1.82. The third-order valence-corrected chi connectivity index (χ3v) is 5.45. The Hall–Kier alpha value is -1.87. The number of anilines is 1. The van der Waals surface area contributed by atoms with Crippen LogP contribution in [0.1, 0.15) is 38.2 Å². The summed E-state index contributed by atoms with van der Waals surface area (Å²) in [5.74, 6) is 0. The van der Waals surface area contributed by atoms with Crippen LogP contribution in [0.15, 0.2) is 54.6 Å². The summed E-state index contributed by atoms with van der Waals surface area (Å²) in [6.45, 7) is 4.41. The summed E-state index contributed by atoms with van der Waals surface area (Å²) in [6.07, 6.45) is 6.24. The van der Waals surface area contributed by atoms with Gasteiger partial charge in [0.05, 0.1) is 10.2 Å². The van der Waals surface area contributed by atoms with Gasteiger partial charge in [-0.1, -0.05) is 80.0 Å². The number of nitrogens with zero attached hydrogens (tertiary/aromatic N) is 2. The summed E-state index contributed by atoms with van der Waals surface area (Å²) in [7, 11) is 0. The molecule has 0 saturated heterocycles. The molecule has 0 aliphatic carbocycles. The van der Waals surface area contributed by atoms with Crippen LogP contribution in [0.5, 0.6) is 0 Å². The van der Waals surface area contributed by atoms with E-state index in [1.54, 1.807) is 0 Å². The SMILES string of the molecule is CCCCCCN(CCc1ccccc1)c1nc2ccccc2s1. The first-order chi connectivity index (χ1) is 11.9. The fraction of sp³-hybridized carbons (Fsp3) is 0.381. The Bertz CT molecular complexity index is 703. The summed E-state index contributed by atoms with van der Waals surface area (Å²) in [4.78, 5) is 7.35. The van der Waals surface area contributed by atoms with Crippen LogP contribution in [0.2, 0.25) is 0 Å². The van der Waals surface area contributed by atoms with Crippen LogP contribution in [0.4, 0.5) is 5.13 Å². The van der Waals surface area contributed by atoms with Gasteiger partial charge in [-0.25, -0.2) is 4.98 Å². The second-order valence-corrected chi connectivity index (χ2v) is 7.26. The molecule has 0 saturated carbocycles. The zero-order valence-electron chi connectivity index (χ0n) is 14.4. The van der Waals surface area contributed by atoms with Gasteiger partial charge in [0.25, 0.3) is 0 Å². The number of benzene rings is 2. The van der Waals surface area contributed by atoms with E-state index in [0.29, 0.717) is 0 Å². The minimum atomic E-state index is 1.04. The van der Waals surface area contributed by atoms with E-state index in [-0.39, 0.29) is 0 Å². The lowest BCUT2D eigenvalue weighted by Gasteiger charge is -2.22. The number of para-hydroxylation sites is 1. The third kappa shape index (κ3) is 4.57. The highest BCUT2D eigenvalue weighted by molar-refractivity contribution is 7.22. The smallest absolute Gasteiger partial charge is 0.186 e. The maximum absolute atomic E-state index is 4.87. The number of hydrogen-bond acceptors (Lipinski definition) is 3. The lowest BCUT2D eigenvalue weighted by Crippen LogP contribution is -2.26. The van der Waals surface area contributed by atoms with Gasteiger partial charge >= 0.3 is 0 Å². The molecule has 0 spiro atoms. The van der Waals surface area contributed by atoms with Gasteiger partial charge in [0.1, 0.15) is 0 Å². The molecule has 3 rings (SSSR count). The molecule has 2 aromatic carbocycles. The molecule has 0 aliphatic heterocycles. The Kier molecular flexibility index (Phi) is 6.25. The quantitative estimate of drug-likeness (QED) is 0.450. The normalized spacial score (nSPS) is 11.0. The standard InChI is InChI=1S/C21H26N2S/c1-2-3-4-10-16-23(17-15-18-11-6-5-7-12-18)21-22-19-13-8-9-14-20(19)24-21/h5-9,11-14H,2-4,10,15-17H2,1H3. The zero-order chi connectivity index (χ0) is 16.6. The monoisotopic (exact) mass is 338 g/mol. The minimum absolute atomic E-state index is 1.04. The van der Waals surface area contributed by atoms with Crippen LogP contribution in [0.3, 0.4) is 0 Å². The van der Waals surface area contributed by atoms with E-state index in [9.17, 15) is 0 Å². The van der Waals surface area contributed by atoms with E-state index in [1.165, 1.54) is 41.1 Å². The first-order valence-electron chi connectivity index (χ1n) is 9.01. The van der Waals surface area contributed by atoms with Gasteiger partial charge in [-0.3, -0.25) is 0 Å². The van der Waals surface area contributed by atoms with Gasteiger partial charge in [-0.15, -0.1) is 0 Å². The fourth-order valence-electron chi connectivity index (χ4n) is 2.94. The Morgan fingerprint density at radius 1 is 0.875 bits per heavy atom. The van der Waals surface area contributed by atoms with Gasteiger partial charge in [0, 0.05) is 13.1 Å². The average molecular weight is 339 g/mol. The van der Waals surface area contributed by atoms with Crippen LogP contribution in [0.25, 0.3) is 10.2 Å². The predicted octanol–water partition coefficient (Wildman–Crippen LogP) is 5.93. The average Bonchev–Trinajstić information content (AvgIpc) is 3.06. The molecule has 0 fully saturated rings. The minimum Gasteiger partial charge on any atom is -0.348 e. The van der Waals surface area contributed by atoms with Gasteiger partial charge in [-0.2, -0.15) is 0 Å². The van der Waals surface area contributed by atoms with Gasteiger partial charge in [-0.05, 0) is 30.5 Å². The number of hydrogen-bond donors (Lipinski definition) is 0. The molecule has 3 heteroatoms. The molecule has 0 amide bonds. The number of rotatable bonds is 9. The summed E-state index contributed by atoms with van der Waals surface area (Å²) in [5.41, 5.74) is 2.52. The number of thiazole rings is 1. The van der Waals surface area contributed by atoms with Crippen molar-refractivity contribution in [2.45, 2.75) is 39.0 Å². The number of unbranched alkanes of at least 4 members (excludes halogenated alkanes) is 3. The van der Waals surface area contributed by atoms with Crippen molar-refractivity contribution in [3.05, 3.63) is 60.2 Å². The molecular weight excluding hydrogens is 312 g/mol. The van der Waals surface area contributed by atoms with Crippen LogP contribution in [-0.4, -0.2) is 18.1 Å². The molecule has 0 radical (unpaired) electrons. The first-order valence-corrected chi connectivity index (χ1v) is 9.83. The van der Waals surface area contributed by atoms with Crippen molar-refractivity contribution in [3.63, 3.8) is 0 Å². The van der Waals surface area contributed by atoms with Gasteiger partial charge in [0.2, 0.25) is 0 Å². The van der Waals surface area contributed by atoms with Crippen LogP contribution >= 0.6 is 11.3 Å². The number of fused-ring (bicyclic) bond motifs is 1. The molecule has 0 N–H and O–H groups in total. The molecule has 0 aliphatic rings. The van der Waals surface area contributed by atoms with Gasteiger partial charge < -0.3 is 4.90 Å². The zero-order valence-corrected chi connectivity index (χ0v) is 15.3. The number of aromatic nitrogens is 1. The molecule has 3 aromatic rings. The predicted molar refractivity (Wildman–Crippen MR) is 106 cm³/mol. The van der Waals surface area contributed by atoms with Crippen molar-refractivity contribution in [1.29, 1.82) is 0 Å². The summed E-state index contributed by atoms with van der Waals surface area (Å²) < 4.78 is 1.28. The molecule has 1 aromatic heterocycles. The topological polar surface area (TPSA) is 16.1 Å². The Balaban J connectivity index is 1.70. The van der Waals surface area contributed by atoms with Gasteiger partial charge in [0.15, 0.2) is 5.13 Å². The van der Waals surface area contributed by atoms with Crippen LogP contribution in [-0.2, 0) is 6.42 Å². The fourth-order valence-corrected chi connectivity index (χ4v) is 3.95. The molecule has 1 heterocycles. The molecule has 24 heavy (non-hydrogen) atoms. The van der Waals surface area contributed by atoms with E-state index < -0.39 is 0 Å². The molecule has 0 bridgehead atoms. The lowest BCUT2D eigenvalue weighted by atomic mass is 10.1. The maximum atomic E-state index is 4.87. The van der Waals surface area contributed by atoms with Crippen LogP contribution in [0, 0.1) is 0 Å². The second-order valence-electron chi connectivity index (χ2n) is 6.25. The Labute approximate surface area is 149 Å². The van der Waals surface area contributed by atoms with Crippen molar-refractivity contribution in [3.8, 4) is 0 Å². The highest BCUT2D eigenvalue weighted by atomic mass is 32.1. The third-order valence-electron chi connectivity index (χ3n) is 4.35. The molecule has 0 unspecified atom stereocenters. The van der Waals surface area contributed by atoms with E-state index >= 15 is 0 Å². The Morgan fingerprint density at radius 2 is 1.67 bits per heavy atom. The van der Waals surface area contributed by atoms with E-state index in [4.69, 9.17) is 4.98 Å². The Morgan fingerprint density at radius 3 is 2.46 bits per heavy atom. The highest BCUT2D eigenvalue weighted by Gasteiger charge is 2.12. The lowest BCUT2D eigenvalue weighted by molar-refractivity contribution is 0.641. The summed E-state index contributed by atoms with van der Waals surface area (Å²) in [5, 5.41) is 1.17. The summed E-state index contributed by atoms with van der Waals surface area (Å²) in [6, 6.07) is 19.2. The second kappa shape index (κ2) is 8.84. The first kappa shape index (κ1) is 17.0. The maximum Gasteiger partial charge on any atom is 0.186 e. The highest BCUT2D eigenvalue weighted by Crippen LogP contribution is 2.29. The van der Waals surface area contributed by atoms with Crippen molar-refractivity contribution < 1.29 is 0 Å². The van der Waals surface area contributed by atoms with E-state index in [1.807, 2.05) is 11.3 Å². The molecule has 126 valence electrons. The molecular formula is C21H26N2S. The van der Waals surface area contributed by atoms with Crippen molar-refractivity contribution in [2.75, 3.05) is 18.0 Å². The molecule has 0 atom stereocenters. The molecule has 2 nitrogen and oxygen atoms in total. The van der Waals surface area contributed by atoms with Crippen molar-refractivity contribution in [2.24, 2.45) is 0 Å². The van der Waals surface area contributed by atoms with Crippen molar-refractivity contribution >= 4 is 26.7 Å². The van der Waals surface area contributed by atoms with E-state index in [0.717, 1.165) is 25.0 Å². The largest absolute Gasteiger partial charge is 0.348 e. The van der Waals surface area contributed by atoms with E-state index in [2.05, 4.69) is 66.4 Å². The van der Waals surface area contributed by atoms with Crippen LogP contribution < -0.4 is 4.90 Å².